The Morgan fingerprint density at radius 3 is 2.61 bits per heavy atom. The van der Waals surface area contributed by atoms with Gasteiger partial charge in [-0.05, 0) is 90.9 Å². The molecule has 0 aliphatic carbocycles. The van der Waals surface area contributed by atoms with E-state index in [1.54, 1.807) is 12.1 Å². The van der Waals surface area contributed by atoms with E-state index in [0.29, 0.717) is 23.2 Å². The summed E-state index contributed by atoms with van der Waals surface area (Å²) in [5, 5.41) is 17.0. The molecule has 0 bridgehead atoms. The molecule has 1 amide bonds. The zero-order valence-electron chi connectivity index (χ0n) is 23.4. The molecule has 1 aliphatic heterocycles. The second-order valence-corrected chi connectivity index (χ2v) is 10.7. The first-order chi connectivity index (χ1) is 19.8. The Kier molecular flexibility index (Phi) is 6.79. The van der Waals surface area contributed by atoms with E-state index in [-0.39, 0.29) is 11.9 Å². The highest BCUT2D eigenvalue weighted by molar-refractivity contribution is 5.99. The van der Waals surface area contributed by atoms with Gasteiger partial charge in [0, 0.05) is 41.4 Å². The number of nitrogens with zero attached hydrogens (tertiary/aromatic N) is 2. The second-order valence-electron chi connectivity index (χ2n) is 10.7. The van der Waals surface area contributed by atoms with Gasteiger partial charge in [0.25, 0.3) is 5.91 Å². The zero-order valence-corrected chi connectivity index (χ0v) is 23.4. The Morgan fingerprint density at radius 1 is 1.05 bits per heavy atom. The molecular weight excluding hydrogens is 512 g/mol. The highest BCUT2D eigenvalue weighted by atomic mass is 16.4. The van der Waals surface area contributed by atoms with Crippen LogP contribution < -0.4 is 10.6 Å². The Hall–Kier alpha value is -4.91. The fourth-order valence-corrected chi connectivity index (χ4v) is 5.68. The second kappa shape index (κ2) is 10.6. The van der Waals surface area contributed by atoms with Crippen molar-refractivity contribution in [2.45, 2.75) is 39.8 Å². The smallest absolute Gasteiger partial charge is 0.336 e. The molecule has 41 heavy (non-hydrogen) atoms. The fourth-order valence-electron chi connectivity index (χ4n) is 5.68. The molecule has 0 radical (unpaired) electrons. The molecule has 7 heteroatoms. The molecule has 206 valence electrons. The summed E-state index contributed by atoms with van der Waals surface area (Å²) in [5.41, 5.74) is 9.14. The molecule has 0 spiro atoms. The third-order valence-corrected chi connectivity index (χ3v) is 8.19. The number of hydrogen-bond donors (Lipinski definition) is 3. The van der Waals surface area contributed by atoms with Crippen molar-refractivity contribution in [3.8, 4) is 11.1 Å². The maximum absolute atomic E-state index is 13.2. The lowest BCUT2D eigenvalue weighted by Crippen LogP contribution is -2.26. The summed E-state index contributed by atoms with van der Waals surface area (Å²) in [5.74, 6) is -0.109. The van der Waals surface area contributed by atoms with Crippen molar-refractivity contribution in [2.24, 2.45) is 0 Å². The van der Waals surface area contributed by atoms with Gasteiger partial charge in [0.2, 0.25) is 0 Å². The van der Waals surface area contributed by atoms with Crippen LogP contribution >= 0.6 is 0 Å². The predicted molar refractivity (Wildman–Crippen MR) is 162 cm³/mol. The maximum atomic E-state index is 13.2. The number of rotatable bonds is 7. The van der Waals surface area contributed by atoms with Crippen LogP contribution in [0.25, 0.3) is 22.0 Å². The highest BCUT2D eigenvalue weighted by Gasteiger charge is 2.19. The molecule has 0 fully saturated rings. The molecule has 3 aromatic carbocycles. The van der Waals surface area contributed by atoms with Crippen LogP contribution in [-0.2, 0) is 13.0 Å². The van der Waals surface area contributed by atoms with Crippen LogP contribution in [0.2, 0.25) is 0 Å². The number of aromatic carboxylic acids is 1. The number of pyridine rings is 1. The van der Waals surface area contributed by atoms with E-state index in [4.69, 9.17) is 0 Å². The number of carbonyl (C=O) groups is 2. The number of hydrogen-bond acceptors (Lipinski definition) is 4. The lowest BCUT2D eigenvalue weighted by molar-refractivity contribution is 0.0697. The Labute approximate surface area is 238 Å². The van der Waals surface area contributed by atoms with E-state index in [1.807, 2.05) is 67.7 Å². The third-order valence-electron chi connectivity index (χ3n) is 8.19. The minimum Gasteiger partial charge on any atom is -0.478 e. The Balaban J connectivity index is 1.22. The Morgan fingerprint density at radius 2 is 1.83 bits per heavy atom. The van der Waals surface area contributed by atoms with Crippen LogP contribution in [0.15, 0.2) is 79.0 Å². The molecule has 6 rings (SSSR count). The lowest BCUT2D eigenvalue weighted by atomic mass is 9.99. The standard InChI is InChI=1S/C34H32N4O3/c1-20-22(3)38(19-23-8-10-24(11-9-23)28-6-4-5-7-29(28)34(40)41)31-13-12-26(17-30(20)31)33(39)37-21(2)27-16-25-14-15-35-32(25)36-18-27/h4-13,16-18,21H,14-15,19H2,1-3H3,(H,35,36)(H,37,39)(H,40,41). The van der Waals surface area contributed by atoms with Gasteiger partial charge in [0.1, 0.15) is 5.82 Å². The molecule has 2 aromatic heterocycles. The summed E-state index contributed by atoms with van der Waals surface area (Å²) in [4.78, 5) is 29.4. The van der Waals surface area contributed by atoms with E-state index in [9.17, 15) is 14.7 Å². The number of aryl methyl sites for hydroxylation is 1. The molecule has 7 nitrogen and oxygen atoms in total. The SMILES string of the molecule is Cc1c(C)n(Cc2ccc(-c3ccccc3C(=O)O)cc2)c2ccc(C(=O)NC(C)c3cnc4c(c3)CCN4)cc12. The number of aromatic nitrogens is 2. The van der Waals surface area contributed by atoms with Crippen LogP contribution in [0.4, 0.5) is 5.82 Å². The van der Waals surface area contributed by atoms with Crippen molar-refractivity contribution in [2.75, 3.05) is 11.9 Å². The molecule has 5 aromatic rings. The van der Waals surface area contributed by atoms with E-state index in [2.05, 4.69) is 40.1 Å². The minimum absolute atomic E-state index is 0.111. The first-order valence-electron chi connectivity index (χ1n) is 13.8. The number of carboxylic acids is 1. The van der Waals surface area contributed by atoms with Gasteiger partial charge in [-0.25, -0.2) is 9.78 Å². The quantitative estimate of drug-likeness (QED) is 0.217. The average Bonchev–Trinajstić information content (AvgIpc) is 3.55. The molecule has 1 atom stereocenters. The molecule has 3 heterocycles. The maximum Gasteiger partial charge on any atom is 0.336 e. The van der Waals surface area contributed by atoms with Gasteiger partial charge in [-0.3, -0.25) is 4.79 Å². The third kappa shape index (κ3) is 4.95. The van der Waals surface area contributed by atoms with Gasteiger partial charge in [-0.2, -0.15) is 0 Å². The van der Waals surface area contributed by atoms with Crippen molar-refractivity contribution >= 4 is 28.6 Å². The lowest BCUT2D eigenvalue weighted by Gasteiger charge is -2.15. The van der Waals surface area contributed by atoms with Crippen molar-refractivity contribution in [3.05, 3.63) is 118 Å². The fraction of sp³-hybridized carbons (Fsp3) is 0.206. The highest BCUT2D eigenvalue weighted by Crippen LogP contribution is 2.29. The molecule has 1 unspecified atom stereocenters. The Bertz CT molecular complexity index is 1800. The summed E-state index contributed by atoms with van der Waals surface area (Å²) in [6.07, 6.45) is 2.78. The number of nitrogens with one attached hydrogen (secondary N) is 2. The van der Waals surface area contributed by atoms with Gasteiger partial charge >= 0.3 is 5.97 Å². The molecule has 3 N–H and O–H groups in total. The molecule has 0 saturated carbocycles. The van der Waals surface area contributed by atoms with Crippen LogP contribution in [-0.4, -0.2) is 33.1 Å². The van der Waals surface area contributed by atoms with Crippen molar-refractivity contribution < 1.29 is 14.7 Å². The molecular formula is C34H32N4O3. The predicted octanol–water partition coefficient (Wildman–Crippen LogP) is 6.53. The number of fused-ring (bicyclic) bond motifs is 2. The minimum atomic E-state index is -0.935. The van der Waals surface area contributed by atoms with Crippen LogP contribution in [0.1, 0.15) is 61.6 Å². The summed E-state index contributed by atoms with van der Waals surface area (Å²) in [7, 11) is 0. The summed E-state index contributed by atoms with van der Waals surface area (Å²) in [6.45, 7) is 7.75. The number of benzene rings is 3. The normalized spacial score (nSPS) is 13.0. The van der Waals surface area contributed by atoms with Gasteiger partial charge in [-0.1, -0.05) is 42.5 Å². The van der Waals surface area contributed by atoms with Gasteiger partial charge in [-0.15, -0.1) is 0 Å². The van der Waals surface area contributed by atoms with Crippen molar-refractivity contribution in [3.63, 3.8) is 0 Å². The van der Waals surface area contributed by atoms with Gasteiger partial charge in [0.15, 0.2) is 0 Å². The van der Waals surface area contributed by atoms with Crippen molar-refractivity contribution in [1.29, 1.82) is 0 Å². The van der Waals surface area contributed by atoms with E-state index in [1.165, 1.54) is 5.56 Å². The monoisotopic (exact) mass is 544 g/mol. The summed E-state index contributed by atoms with van der Waals surface area (Å²) < 4.78 is 2.26. The summed E-state index contributed by atoms with van der Waals surface area (Å²) in [6, 6.07) is 22.9. The largest absolute Gasteiger partial charge is 0.478 e. The van der Waals surface area contributed by atoms with Crippen LogP contribution in [0.5, 0.6) is 0 Å². The van der Waals surface area contributed by atoms with Gasteiger partial charge in [0.05, 0.1) is 11.6 Å². The number of amides is 1. The van der Waals surface area contributed by atoms with E-state index in [0.717, 1.165) is 57.6 Å². The number of carbonyl (C=O) groups excluding carboxylic acids is 1. The summed E-state index contributed by atoms with van der Waals surface area (Å²) >= 11 is 0. The van der Waals surface area contributed by atoms with E-state index < -0.39 is 5.97 Å². The van der Waals surface area contributed by atoms with Crippen LogP contribution in [0.3, 0.4) is 0 Å². The topological polar surface area (TPSA) is 96.2 Å². The molecule has 0 saturated heterocycles. The van der Waals surface area contributed by atoms with Gasteiger partial charge < -0.3 is 20.3 Å². The van der Waals surface area contributed by atoms with Crippen LogP contribution in [0, 0.1) is 13.8 Å². The van der Waals surface area contributed by atoms with Crippen molar-refractivity contribution in [1.82, 2.24) is 14.9 Å². The number of carboxylic acid groups (broad SMARTS) is 1. The zero-order chi connectivity index (χ0) is 28.7. The van der Waals surface area contributed by atoms with E-state index >= 15 is 0 Å². The number of anilines is 1. The molecule has 1 aliphatic rings. The first kappa shape index (κ1) is 26.3. The average molecular weight is 545 g/mol. The first-order valence-corrected chi connectivity index (χ1v) is 13.8.